The van der Waals surface area contributed by atoms with E-state index >= 15 is 0 Å². The maximum Gasteiger partial charge on any atom is 0.189 e. The lowest BCUT2D eigenvalue weighted by Crippen LogP contribution is -2.41. The molecular formula is C14H24N4O. The molecule has 0 radical (unpaired) electrons. The van der Waals surface area contributed by atoms with Gasteiger partial charge in [0.05, 0.1) is 5.69 Å². The Bertz CT molecular complexity index is 419. The first-order chi connectivity index (χ1) is 9.15. The van der Waals surface area contributed by atoms with Crippen molar-refractivity contribution in [1.29, 1.82) is 0 Å². The van der Waals surface area contributed by atoms with Crippen LogP contribution in [0, 0.1) is 0 Å². The van der Waals surface area contributed by atoms with Crippen LogP contribution in [0.15, 0.2) is 15.6 Å². The van der Waals surface area contributed by atoms with E-state index < -0.39 is 0 Å². The SMILES string of the molecule is CC(C)c1cc(CN=C(N)NC2CCCCC2)on1. The van der Waals surface area contributed by atoms with Crippen molar-refractivity contribution < 1.29 is 4.52 Å². The van der Waals surface area contributed by atoms with E-state index in [2.05, 4.69) is 29.3 Å². The van der Waals surface area contributed by atoms with Crippen LogP contribution in [0.25, 0.3) is 0 Å². The van der Waals surface area contributed by atoms with Crippen LogP contribution < -0.4 is 11.1 Å². The largest absolute Gasteiger partial charge is 0.370 e. The molecule has 1 heterocycles. The lowest BCUT2D eigenvalue weighted by Gasteiger charge is -2.23. The number of aliphatic imine (C=N–C) groups is 1. The number of nitrogens with two attached hydrogens (primary N) is 1. The molecule has 3 N–H and O–H groups in total. The maximum atomic E-state index is 5.90. The number of guanidine groups is 1. The van der Waals surface area contributed by atoms with Gasteiger partial charge in [0, 0.05) is 12.1 Å². The zero-order valence-corrected chi connectivity index (χ0v) is 11.9. The van der Waals surface area contributed by atoms with E-state index in [0.29, 0.717) is 24.5 Å². The standard InChI is InChI=1S/C14H24N4O/c1-10(2)13-8-12(19-18-13)9-16-14(15)17-11-6-4-3-5-7-11/h8,10-11H,3-7,9H2,1-2H3,(H3,15,16,17). The maximum absolute atomic E-state index is 5.90. The monoisotopic (exact) mass is 264 g/mol. The summed E-state index contributed by atoms with van der Waals surface area (Å²) in [6.07, 6.45) is 6.28. The van der Waals surface area contributed by atoms with Gasteiger partial charge in [-0.3, -0.25) is 0 Å². The average molecular weight is 264 g/mol. The Kier molecular flexibility index (Phi) is 4.82. The molecule has 0 spiro atoms. The molecule has 1 fully saturated rings. The Hall–Kier alpha value is -1.52. The fraction of sp³-hybridized carbons (Fsp3) is 0.714. The van der Waals surface area contributed by atoms with Crippen LogP contribution in [0.5, 0.6) is 0 Å². The molecule has 106 valence electrons. The molecule has 0 atom stereocenters. The first-order valence-electron chi connectivity index (χ1n) is 7.17. The summed E-state index contributed by atoms with van der Waals surface area (Å²) in [5.41, 5.74) is 6.86. The third-order valence-electron chi connectivity index (χ3n) is 3.53. The topological polar surface area (TPSA) is 76.4 Å². The van der Waals surface area contributed by atoms with Crippen LogP contribution in [0.3, 0.4) is 0 Å². The third kappa shape index (κ3) is 4.26. The van der Waals surface area contributed by atoms with Crippen molar-refractivity contribution in [2.24, 2.45) is 10.7 Å². The van der Waals surface area contributed by atoms with Gasteiger partial charge in [-0.1, -0.05) is 38.3 Å². The zero-order chi connectivity index (χ0) is 13.7. The molecule has 1 aliphatic rings. The summed E-state index contributed by atoms with van der Waals surface area (Å²) >= 11 is 0. The van der Waals surface area contributed by atoms with Crippen molar-refractivity contribution >= 4 is 5.96 Å². The van der Waals surface area contributed by atoms with Crippen molar-refractivity contribution in [3.05, 3.63) is 17.5 Å². The molecule has 1 aliphatic carbocycles. The Morgan fingerprint density at radius 1 is 1.47 bits per heavy atom. The molecule has 0 aromatic carbocycles. The third-order valence-corrected chi connectivity index (χ3v) is 3.53. The molecule has 0 bridgehead atoms. The second-order valence-electron chi connectivity index (χ2n) is 5.55. The second kappa shape index (κ2) is 6.59. The molecule has 0 aliphatic heterocycles. The fourth-order valence-corrected chi connectivity index (χ4v) is 2.34. The number of hydrogen-bond donors (Lipinski definition) is 2. The van der Waals surface area contributed by atoms with Gasteiger partial charge in [0.1, 0.15) is 6.54 Å². The predicted octanol–water partition coefficient (Wildman–Crippen LogP) is 2.54. The Morgan fingerprint density at radius 2 is 2.21 bits per heavy atom. The summed E-state index contributed by atoms with van der Waals surface area (Å²) in [6.45, 7) is 4.62. The minimum atomic E-state index is 0.374. The molecule has 0 unspecified atom stereocenters. The molecule has 5 heteroatoms. The highest BCUT2D eigenvalue weighted by molar-refractivity contribution is 5.78. The highest BCUT2D eigenvalue weighted by Crippen LogP contribution is 2.17. The number of aromatic nitrogens is 1. The van der Waals surface area contributed by atoms with Gasteiger partial charge >= 0.3 is 0 Å². The number of nitrogens with zero attached hydrogens (tertiary/aromatic N) is 2. The van der Waals surface area contributed by atoms with E-state index in [-0.39, 0.29) is 0 Å². The van der Waals surface area contributed by atoms with Crippen LogP contribution in [-0.4, -0.2) is 17.2 Å². The second-order valence-corrected chi connectivity index (χ2v) is 5.55. The summed E-state index contributed by atoms with van der Waals surface area (Å²) in [5.74, 6) is 1.64. The molecule has 1 aromatic heterocycles. The van der Waals surface area contributed by atoms with Crippen LogP contribution >= 0.6 is 0 Å². The fourth-order valence-electron chi connectivity index (χ4n) is 2.34. The highest BCUT2D eigenvalue weighted by Gasteiger charge is 2.13. The molecule has 19 heavy (non-hydrogen) atoms. The minimum absolute atomic E-state index is 0.374. The zero-order valence-electron chi connectivity index (χ0n) is 11.9. The first kappa shape index (κ1) is 13.9. The van der Waals surface area contributed by atoms with Gasteiger partial charge in [0.15, 0.2) is 11.7 Å². The van der Waals surface area contributed by atoms with E-state index in [1.165, 1.54) is 32.1 Å². The van der Waals surface area contributed by atoms with Crippen LogP contribution in [0.2, 0.25) is 0 Å². The van der Waals surface area contributed by atoms with E-state index in [9.17, 15) is 0 Å². The molecule has 0 amide bonds. The molecule has 5 nitrogen and oxygen atoms in total. The first-order valence-corrected chi connectivity index (χ1v) is 7.17. The Labute approximate surface area is 114 Å². The van der Waals surface area contributed by atoms with Gasteiger partial charge in [-0.05, 0) is 18.8 Å². The predicted molar refractivity (Wildman–Crippen MR) is 75.9 cm³/mol. The molecule has 1 aromatic rings. The van der Waals surface area contributed by atoms with Gasteiger partial charge in [-0.25, -0.2) is 4.99 Å². The van der Waals surface area contributed by atoms with E-state index in [1.807, 2.05) is 6.07 Å². The number of hydrogen-bond acceptors (Lipinski definition) is 3. The molecule has 2 rings (SSSR count). The van der Waals surface area contributed by atoms with Crippen molar-refractivity contribution in [2.45, 2.75) is 64.5 Å². The quantitative estimate of drug-likeness (QED) is 0.647. The van der Waals surface area contributed by atoms with Gasteiger partial charge in [0.2, 0.25) is 0 Å². The van der Waals surface area contributed by atoms with Gasteiger partial charge in [0.25, 0.3) is 0 Å². The van der Waals surface area contributed by atoms with Crippen molar-refractivity contribution in [2.75, 3.05) is 0 Å². The summed E-state index contributed by atoms with van der Waals surface area (Å²) in [6, 6.07) is 2.43. The Morgan fingerprint density at radius 3 is 2.84 bits per heavy atom. The van der Waals surface area contributed by atoms with Crippen molar-refractivity contribution in [1.82, 2.24) is 10.5 Å². The molecule has 1 saturated carbocycles. The van der Waals surface area contributed by atoms with Gasteiger partial charge in [-0.15, -0.1) is 0 Å². The average Bonchev–Trinajstić information content (AvgIpc) is 2.86. The summed E-state index contributed by atoms with van der Waals surface area (Å²) < 4.78 is 5.23. The minimum Gasteiger partial charge on any atom is -0.370 e. The summed E-state index contributed by atoms with van der Waals surface area (Å²) in [4.78, 5) is 4.31. The summed E-state index contributed by atoms with van der Waals surface area (Å²) in [5, 5.41) is 7.29. The van der Waals surface area contributed by atoms with E-state index in [0.717, 1.165) is 11.5 Å². The van der Waals surface area contributed by atoms with Crippen LogP contribution in [0.4, 0.5) is 0 Å². The van der Waals surface area contributed by atoms with E-state index in [4.69, 9.17) is 10.3 Å². The van der Waals surface area contributed by atoms with E-state index in [1.54, 1.807) is 0 Å². The van der Waals surface area contributed by atoms with Crippen molar-refractivity contribution in [3.63, 3.8) is 0 Å². The smallest absolute Gasteiger partial charge is 0.189 e. The normalized spacial score (nSPS) is 17.9. The van der Waals surface area contributed by atoms with Crippen molar-refractivity contribution in [3.8, 4) is 0 Å². The molecular weight excluding hydrogens is 240 g/mol. The molecule has 0 saturated heterocycles. The highest BCUT2D eigenvalue weighted by atomic mass is 16.5. The summed E-state index contributed by atoms with van der Waals surface area (Å²) in [7, 11) is 0. The van der Waals surface area contributed by atoms with Gasteiger partial charge < -0.3 is 15.6 Å². The lowest BCUT2D eigenvalue weighted by atomic mass is 9.96. The Balaban J connectivity index is 1.82. The van der Waals surface area contributed by atoms with Crippen LogP contribution in [0.1, 0.15) is 63.3 Å². The van der Waals surface area contributed by atoms with Crippen LogP contribution in [-0.2, 0) is 6.54 Å². The van der Waals surface area contributed by atoms with Gasteiger partial charge in [-0.2, -0.15) is 0 Å². The number of rotatable bonds is 4. The number of nitrogens with one attached hydrogen (secondary N) is 1. The lowest BCUT2D eigenvalue weighted by molar-refractivity contribution is 0.376.